The summed E-state index contributed by atoms with van der Waals surface area (Å²) in [7, 11) is 0. The average Bonchev–Trinajstić information content (AvgIpc) is 2.52. The molecule has 0 spiro atoms. The van der Waals surface area contributed by atoms with Crippen LogP contribution in [-0.4, -0.2) is 12.5 Å². The number of benzene rings is 2. The highest BCUT2D eigenvalue weighted by atomic mass is 79.9. The molecule has 0 radical (unpaired) electrons. The molecule has 0 aromatic heterocycles. The smallest absolute Gasteiger partial charge is 0.259 e. The summed E-state index contributed by atoms with van der Waals surface area (Å²) in [5.41, 5.74) is 2.11. The van der Waals surface area contributed by atoms with E-state index in [-0.39, 0.29) is 5.91 Å². The van der Waals surface area contributed by atoms with Crippen molar-refractivity contribution in [3.8, 4) is 5.75 Å². The molecule has 0 fully saturated rings. The maximum absolute atomic E-state index is 12.6. The highest BCUT2D eigenvalue weighted by Crippen LogP contribution is 2.26. The SMILES string of the molecule is Cc1ccc(NC(=O)c2cc(Br)ccc2OCCC(C)C)cc1Cl. The molecular weight excluding hydrogens is 390 g/mol. The predicted octanol–water partition coefficient (Wildman–Crippen LogP) is 6.09. The monoisotopic (exact) mass is 409 g/mol. The lowest BCUT2D eigenvalue weighted by atomic mass is 10.1. The van der Waals surface area contributed by atoms with Gasteiger partial charge in [0.2, 0.25) is 0 Å². The Bertz CT molecular complexity index is 731. The van der Waals surface area contributed by atoms with Crippen molar-refractivity contribution >= 4 is 39.1 Å². The van der Waals surface area contributed by atoms with Crippen LogP contribution in [0.5, 0.6) is 5.75 Å². The molecule has 24 heavy (non-hydrogen) atoms. The van der Waals surface area contributed by atoms with E-state index >= 15 is 0 Å². The van der Waals surface area contributed by atoms with Crippen LogP contribution < -0.4 is 10.1 Å². The van der Waals surface area contributed by atoms with E-state index in [0.29, 0.717) is 34.5 Å². The van der Waals surface area contributed by atoms with E-state index in [2.05, 4.69) is 35.1 Å². The van der Waals surface area contributed by atoms with Crippen LogP contribution in [0.3, 0.4) is 0 Å². The van der Waals surface area contributed by atoms with Crippen LogP contribution in [0.2, 0.25) is 5.02 Å². The minimum Gasteiger partial charge on any atom is -0.493 e. The lowest BCUT2D eigenvalue weighted by Gasteiger charge is -2.13. The number of nitrogens with one attached hydrogen (secondary N) is 1. The van der Waals surface area contributed by atoms with E-state index in [1.165, 1.54) is 0 Å². The fourth-order valence-corrected chi connectivity index (χ4v) is 2.62. The summed E-state index contributed by atoms with van der Waals surface area (Å²) < 4.78 is 6.62. The largest absolute Gasteiger partial charge is 0.493 e. The molecule has 0 saturated carbocycles. The van der Waals surface area contributed by atoms with Crippen molar-refractivity contribution in [3.05, 3.63) is 57.0 Å². The topological polar surface area (TPSA) is 38.3 Å². The second kappa shape index (κ2) is 8.54. The first-order chi connectivity index (χ1) is 11.4. The molecule has 2 aromatic rings. The molecule has 2 aromatic carbocycles. The number of anilines is 1. The third-order valence-corrected chi connectivity index (χ3v) is 4.47. The van der Waals surface area contributed by atoms with E-state index < -0.39 is 0 Å². The number of hydrogen-bond donors (Lipinski definition) is 1. The number of ether oxygens (including phenoxy) is 1. The maximum Gasteiger partial charge on any atom is 0.259 e. The van der Waals surface area contributed by atoms with Crippen molar-refractivity contribution in [2.24, 2.45) is 5.92 Å². The summed E-state index contributed by atoms with van der Waals surface area (Å²) in [6.07, 6.45) is 0.935. The van der Waals surface area contributed by atoms with E-state index in [1.54, 1.807) is 18.2 Å². The van der Waals surface area contributed by atoms with Crippen LogP contribution in [0.25, 0.3) is 0 Å². The Morgan fingerprint density at radius 2 is 2.00 bits per heavy atom. The number of carbonyl (C=O) groups excluding carboxylic acids is 1. The van der Waals surface area contributed by atoms with Crippen LogP contribution in [-0.2, 0) is 0 Å². The zero-order valence-electron chi connectivity index (χ0n) is 14.0. The molecule has 0 aliphatic carbocycles. The first-order valence-electron chi connectivity index (χ1n) is 7.86. The highest BCUT2D eigenvalue weighted by molar-refractivity contribution is 9.10. The lowest BCUT2D eigenvalue weighted by molar-refractivity contribution is 0.102. The van der Waals surface area contributed by atoms with Gasteiger partial charge in [0.1, 0.15) is 5.75 Å². The summed E-state index contributed by atoms with van der Waals surface area (Å²) in [6.45, 7) is 6.78. The molecule has 1 amide bonds. The molecule has 0 saturated heterocycles. The van der Waals surface area contributed by atoms with Gasteiger partial charge in [-0.05, 0) is 55.2 Å². The van der Waals surface area contributed by atoms with Gasteiger partial charge in [0.25, 0.3) is 5.91 Å². The molecule has 5 heteroatoms. The number of amides is 1. The number of rotatable bonds is 6. The first kappa shape index (κ1) is 18.8. The standard InChI is InChI=1S/C19H21BrClNO2/c1-12(2)8-9-24-18-7-5-14(20)10-16(18)19(23)22-15-6-4-13(3)17(21)11-15/h4-7,10-12H,8-9H2,1-3H3,(H,22,23). The van der Waals surface area contributed by atoms with Crippen molar-refractivity contribution in [1.82, 2.24) is 0 Å². The molecule has 128 valence electrons. The van der Waals surface area contributed by atoms with Crippen LogP contribution in [0.15, 0.2) is 40.9 Å². The van der Waals surface area contributed by atoms with E-state index in [1.807, 2.05) is 25.1 Å². The van der Waals surface area contributed by atoms with Crippen LogP contribution in [0.4, 0.5) is 5.69 Å². The molecule has 0 bridgehead atoms. The van der Waals surface area contributed by atoms with Crippen molar-refractivity contribution in [2.45, 2.75) is 27.2 Å². The Labute approximate surface area is 156 Å². The zero-order valence-corrected chi connectivity index (χ0v) is 16.4. The molecule has 3 nitrogen and oxygen atoms in total. The minimum atomic E-state index is -0.226. The van der Waals surface area contributed by atoms with Crippen molar-refractivity contribution in [2.75, 3.05) is 11.9 Å². The lowest BCUT2D eigenvalue weighted by Crippen LogP contribution is -2.14. The molecule has 1 N–H and O–H groups in total. The molecule has 0 heterocycles. The Morgan fingerprint density at radius 1 is 1.25 bits per heavy atom. The van der Waals surface area contributed by atoms with Gasteiger partial charge >= 0.3 is 0 Å². The van der Waals surface area contributed by atoms with Crippen LogP contribution in [0, 0.1) is 12.8 Å². The number of aryl methyl sites for hydroxylation is 1. The van der Waals surface area contributed by atoms with Gasteiger partial charge in [0, 0.05) is 15.2 Å². The van der Waals surface area contributed by atoms with Gasteiger partial charge in [0.15, 0.2) is 0 Å². The van der Waals surface area contributed by atoms with Crippen molar-refractivity contribution in [1.29, 1.82) is 0 Å². The van der Waals surface area contributed by atoms with Gasteiger partial charge in [-0.2, -0.15) is 0 Å². The number of hydrogen-bond acceptors (Lipinski definition) is 2. The summed E-state index contributed by atoms with van der Waals surface area (Å²) in [4.78, 5) is 12.6. The predicted molar refractivity (Wildman–Crippen MR) is 103 cm³/mol. The molecule has 0 unspecified atom stereocenters. The first-order valence-corrected chi connectivity index (χ1v) is 9.03. The zero-order chi connectivity index (χ0) is 17.7. The van der Waals surface area contributed by atoms with E-state index in [4.69, 9.17) is 16.3 Å². The van der Waals surface area contributed by atoms with Crippen LogP contribution >= 0.6 is 27.5 Å². The molecular formula is C19H21BrClNO2. The van der Waals surface area contributed by atoms with E-state index in [9.17, 15) is 4.79 Å². The molecule has 0 aliphatic heterocycles. The molecule has 0 aliphatic rings. The van der Waals surface area contributed by atoms with E-state index in [0.717, 1.165) is 16.5 Å². The van der Waals surface area contributed by atoms with Gasteiger partial charge in [-0.1, -0.05) is 47.4 Å². The fourth-order valence-electron chi connectivity index (χ4n) is 2.08. The summed E-state index contributed by atoms with van der Waals surface area (Å²) >= 11 is 9.52. The summed E-state index contributed by atoms with van der Waals surface area (Å²) in [5.74, 6) is 0.901. The summed E-state index contributed by atoms with van der Waals surface area (Å²) in [6, 6.07) is 10.9. The van der Waals surface area contributed by atoms with Gasteiger partial charge in [0.05, 0.1) is 12.2 Å². The molecule has 2 rings (SSSR count). The van der Waals surface area contributed by atoms with Gasteiger partial charge in [-0.25, -0.2) is 0 Å². The third-order valence-electron chi connectivity index (χ3n) is 3.57. The Balaban J connectivity index is 2.17. The Morgan fingerprint density at radius 3 is 2.67 bits per heavy atom. The van der Waals surface area contributed by atoms with Crippen molar-refractivity contribution < 1.29 is 9.53 Å². The fraction of sp³-hybridized carbons (Fsp3) is 0.316. The highest BCUT2D eigenvalue weighted by Gasteiger charge is 2.14. The Hall–Kier alpha value is -1.52. The summed E-state index contributed by atoms with van der Waals surface area (Å²) in [5, 5.41) is 3.49. The number of halogens is 2. The second-order valence-corrected chi connectivity index (χ2v) is 7.41. The van der Waals surface area contributed by atoms with Crippen molar-refractivity contribution in [3.63, 3.8) is 0 Å². The second-order valence-electron chi connectivity index (χ2n) is 6.09. The maximum atomic E-state index is 12.6. The van der Waals surface area contributed by atoms with Gasteiger partial charge in [-0.3, -0.25) is 4.79 Å². The Kier molecular flexibility index (Phi) is 6.69. The van der Waals surface area contributed by atoms with Gasteiger partial charge < -0.3 is 10.1 Å². The average molecular weight is 411 g/mol. The third kappa shape index (κ3) is 5.25. The minimum absolute atomic E-state index is 0.226. The van der Waals surface area contributed by atoms with Gasteiger partial charge in [-0.15, -0.1) is 0 Å². The normalized spacial score (nSPS) is 10.8. The van der Waals surface area contributed by atoms with Crippen LogP contribution in [0.1, 0.15) is 36.2 Å². The quantitative estimate of drug-likeness (QED) is 0.626. The number of carbonyl (C=O) groups is 1. The molecule has 0 atom stereocenters.